The van der Waals surface area contributed by atoms with Crippen molar-refractivity contribution in [2.24, 2.45) is 29.6 Å². The van der Waals surface area contributed by atoms with Crippen molar-refractivity contribution < 1.29 is 19.0 Å². The smallest absolute Gasteiger partial charge is 0.193 e. The predicted molar refractivity (Wildman–Crippen MR) is 135 cm³/mol. The summed E-state index contributed by atoms with van der Waals surface area (Å²) in [4.78, 5) is 0. The lowest BCUT2D eigenvalue weighted by Crippen LogP contribution is -2.67. The molecule has 0 amide bonds. The lowest BCUT2D eigenvalue weighted by Gasteiger charge is -2.62. The van der Waals surface area contributed by atoms with Crippen LogP contribution in [0.25, 0.3) is 0 Å². The minimum absolute atomic E-state index is 0.00285. The molecule has 0 aromatic heterocycles. The molecule has 4 fully saturated rings. The molecule has 3 aliphatic carbocycles. The van der Waals surface area contributed by atoms with Gasteiger partial charge in [0.05, 0.1) is 25.2 Å². The van der Waals surface area contributed by atoms with Crippen molar-refractivity contribution in [1.82, 2.24) is 0 Å². The van der Waals surface area contributed by atoms with Crippen molar-refractivity contribution in [1.29, 1.82) is 0 Å². The second-order valence-corrected chi connectivity index (χ2v) is 17.4. The van der Waals surface area contributed by atoms with Crippen molar-refractivity contribution >= 4 is 8.32 Å². The van der Waals surface area contributed by atoms with Crippen LogP contribution in [0.1, 0.15) is 85.5 Å². The molecule has 1 N–H and O–H groups in total. The Morgan fingerprint density at radius 3 is 2.36 bits per heavy atom. The van der Waals surface area contributed by atoms with E-state index in [-0.39, 0.29) is 23.2 Å². The first-order valence-corrected chi connectivity index (χ1v) is 16.7. The molecule has 1 saturated heterocycles. The number of aliphatic hydroxyl groups is 1. The second kappa shape index (κ2) is 9.94. The maximum Gasteiger partial charge on any atom is 0.193 e. The first-order valence-electron chi connectivity index (χ1n) is 13.8. The Bertz CT molecular complexity index is 720. The Morgan fingerprint density at radius 2 is 1.76 bits per heavy atom. The number of unbranched alkanes of at least 4 members (excludes halogenated alkanes) is 1. The van der Waals surface area contributed by atoms with Gasteiger partial charge in [-0.1, -0.05) is 65.2 Å². The van der Waals surface area contributed by atoms with Crippen LogP contribution in [-0.4, -0.2) is 44.6 Å². The van der Waals surface area contributed by atoms with E-state index in [1.165, 1.54) is 38.5 Å². The highest BCUT2D eigenvalue weighted by molar-refractivity contribution is 6.74. The molecule has 1 spiro atoms. The molecule has 1 unspecified atom stereocenters. The van der Waals surface area contributed by atoms with Crippen LogP contribution < -0.4 is 0 Å². The number of hydrogen-bond donors (Lipinski definition) is 1. The molecule has 33 heavy (non-hydrogen) atoms. The van der Waals surface area contributed by atoms with E-state index in [1.807, 2.05) is 0 Å². The number of hydrogen-bond acceptors (Lipinski definition) is 4. The van der Waals surface area contributed by atoms with Crippen LogP contribution >= 0.6 is 0 Å². The molecule has 4 rings (SSSR count). The molecule has 6 atom stereocenters. The topological polar surface area (TPSA) is 47.9 Å². The number of rotatable bonds is 6. The van der Waals surface area contributed by atoms with Crippen LogP contribution in [0, 0.1) is 41.4 Å². The van der Waals surface area contributed by atoms with Crippen molar-refractivity contribution in [3.05, 3.63) is 0 Å². The van der Waals surface area contributed by atoms with E-state index < -0.39 is 14.1 Å². The van der Waals surface area contributed by atoms with Crippen molar-refractivity contribution in [3.8, 4) is 11.8 Å². The highest BCUT2D eigenvalue weighted by atomic mass is 28.4. The van der Waals surface area contributed by atoms with Crippen LogP contribution in [0.3, 0.4) is 0 Å². The summed E-state index contributed by atoms with van der Waals surface area (Å²) in [6.07, 6.45) is 9.91. The summed E-state index contributed by atoms with van der Waals surface area (Å²) in [7, 11) is -1.92. The van der Waals surface area contributed by atoms with Gasteiger partial charge in [-0.15, -0.1) is 0 Å². The Labute approximate surface area is 203 Å². The normalized spacial score (nSPS) is 35.1. The zero-order valence-electron chi connectivity index (χ0n) is 22.0. The highest BCUT2D eigenvalue weighted by Crippen LogP contribution is 2.63. The molecule has 1 aliphatic heterocycles. The third-order valence-corrected chi connectivity index (χ3v) is 14.1. The van der Waals surface area contributed by atoms with Gasteiger partial charge in [-0.3, -0.25) is 0 Å². The van der Waals surface area contributed by atoms with Gasteiger partial charge in [0.2, 0.25) is 0 Å². The van der Waals surface area contributed by atoms with Gasteiger partial charge in [0.15, 0.2) is 14.1 Å². The number of ether oxygens (including phenoxy) is 2. The van der Waals surface area contributed by atoms with Gasteiger partial charge in [0, 0.05) is 11.8 Å². The Hall–Kier alpha value is -0.383. The third-order valence-electron chi connectivity index (χ3n) is 9.62. The molecule has 0 radical (unpaired) electrons. The van der Waals surface area contributed by atoms with E-state index in [4.69, 9.17) is 13.9 Å². The zero-order valence-corrected chi connectivity index (χ0v) is 23.0. The van der Waals surface area contributed by atoms with E-state index in [1.54, 1.807) is 0 Å². The fourth-order valence-electron chi connectivity index (χ4n) is 6.71. The number of aliphatic hydroxyl groups excluding tert-OH is 1. The summed E-state index contributed by atoms with van der Waals surface area (Å²) >= 11 is 0. The number of fused-ring (bicyclic) bond motifs is 2. The van der Waals surface area contributed by atoms with Crippen molar-refractivity contribution in [2.45, 2.75) is 122 Å². The highest BCUT2D eigenvalue weighted by Gasteiger charge is 2.68. The summed E-state index contributed by atoms with van der Waals surface area (Å²) < 4.78 is 19.5. The summed E-state index contributed by atoms with van der Waals surface area (Å²) in [5.41, 5.74) is 0. The fraction of sp³-hybridized carbons (Fsp3) is 0.929. The van der Waals surface area contributed by atoms with Crippen LogP contribution in [0.2, 0.25) is 18.1 Å². The predicted octanol–water partition coefficient (Wildman–Crippen LogP) is 6.14. The molecule has 3 saturated carbocycles. The monoisotopic (exact) mass is 476 g/mol. The van der Waals surface area contributed by atoms with Gasteiger partial charge in [0.1, 0.15) is 6.10 Å². The molecular weight excluding hydrogens is 428 g/mol. The summed E-state index contributed by atoms with van der Waals surface area (Å²) in [5, 5.41) is 11.3. The average molecular weight is 477 g/mol. The van der Waals surface area contributed by atoms with Gasteiger partial charge in [-0.05, 0) is 62.1 Å². The Balaban J connectivity index is 1.58. The Morgan fingerprint density at radius 1 is 1.09 bits per heavy atom. The molecule has 0 aromatic rings. The molecule has 0 bridgehead atoms. The van der Waals surface area contributed by atoms with E-state index in [2.05, 4.69) is 52.6 Å². The maximum atomic E-state index is 11.1. The van der Waals surface area contributed by atoms with E-state index >= 15 is 0 Å². The zero-order chi connectivity index (χ0) is 23.9. The minimum Gasteiger partial charge on any atom is -0.403 e. The average Bonchev–Trinajstić information content (AvgIpc) is 3.44. The lowest BCUT2D eigenvalue weighted by atomic mass is 9.49. The summed E-state index contributed by atoms with van der Waals surface area (Å²) in [6, 6.07) is 0. The van der Waals surface area contributed by atoms with Gasteiger partial charge in [-0.25, -0.2) is 0 Å². The molecule has 188 valence electrons. The first kappa shape index (κ1) is 25.7. The van der Waals surface area contributed by atoms with Crippen LogP contribution in [0.4, 0.5) is 0 Å². The molecular formula is C28H48O4Si. The van der Waals surface area contributed by atoms with E-state index in [0.717, 1.165) is 19.3 Å². The van der Waals surface area contributed by atoms with Crippen LogP contribution in [-0.2, 0) is 13.9 Å². The van der Waals surface area contributed by atoms with Gasteiger partial charge in [0.25, 0.3) is 0 Å². The molecule has 4 nitrogen and oxygen atoms in total. The van der Waals surface area contributed by atoms with Gasteiger partial charge < -0.3 is 19.0 Å². The van der Waals surface area contributed by atoms with Crippen molar-refractivity contribution in [3.63, 3.8) is 0 Å². The molecule has 4 aliphatic rings. The molecule has 1 heterocycles. The van der Waals surface area contributed by atoms with Gasteiger partial charge >= 0.3 is 0 Å². The first-order chi connectivity index (χ1) is 15.6. The maximum absolute atomic E-state index is 11.1. The van der Waals surface area contributed by atoms with Crippen LogP contribution in [0.15, 0.2) is 0 Å². The largest absolute Gasteiger partial charge is 0.403 e. The SMILES string of the molecule is CCCCC1[C@@H]2[C@@H](C#C[C@@H](O[Si](C)(C)C(C)(C)C)C3CCCC3)[C@H](O)CC[C@@H]2C12OCCO2. The van der Waals surface area contributed by atoms with E-state index in [9.17, 15) is 5.11 Å². The third kappa shape index (κ3) is 4.85. The van der Waals surface area contributed by atoms with Crippen molar-refractivity contribution in [2.75, 3.05) is 13.2 Å². The summed E-state index contributed by atoms with van der Waals surface area (Å²) in [5.74, 6) is 8.55. The lowest BCUT2D eigenvalue weighted by molar-refractivity contribution is -0.341. The quantitative estimate of drug-likeness (QED) is 0.370. The van der Waals surface area contributed by atoms with Gasteiger partial charge in [-0.2, -0.15) is 0 Å². The second-order valence-electron chi connectivity index (χ2n) is 12.7. The standard InChI is InChI=1S/C28H48O4Si/c1-7-8-13-22-26-21(24(29)16-15-23(26)28(22)30-18-19-31-28)14-17-25(20-11-9-10-12-20)32-33(5,6)27(2,3)4/h20-26,29H,7-13,15-16,18-19H2,1-6H3/t21-,22?,23-,24+,25+,26-/m0/s1. The molecule has 0 aromatic carbocycles. The Kier molecular flexibility index (Phi) is 7.74. The fourth-order valence-corrected chi connectivity index (χ4v) is 7.95. The molecule has 5 heteroatoms. The van der Waals surface area contributed by atoms with E-state index in [0.29, 0.717) is 36.9 Å². The van der Waals surface area contributed by atoms with Crippen LogP contribution in [0.5, 0.6) is 0 Å². The minimum atomic E-state index is -1.92. The summed E-state index contributed by atoms with van der Waals surface area (Å²) in [6.45, 7) is 15.3.